The third-order valence-corrected chi connectivity index (χ3v) is 3.63. The summed E-state index contributed by atoms with van der Waals surface area (Å²) in [6, 6.07) is 12.3. The monoisotopic (exact) mass is 311 g/mol. The lowest BCUT2D eigenvalue weighted by Crippen LogP contribution is -2.22. The fourth-order valence-corrected chi connectivity index (χ4v) is 2.43. The molecule has 0 fully saturated rings. The number of halogens is 1. The first-order valence-electron chi connectivity index (χ1n) is 7.65. The van der Waals surface area contributed by atoms with Crippen molar-refractivity contribution in [2.24, 2.45) is 5.92 Å². The summed E-state index contributed by atoms with van der Waals surface area (Å²) in [5, 5.41) is 8.23. The van der Waals surface area contributed by atoms with E-state index in [-0.39, 0.29) is 11.7 Å². The number of aromatic nitrogens is 1. The van der Waals surface area contributed by atoms with Gasteiger partial charge in [0.05, 0.1) is 11.4 Å². The molecule has 120 valence electrons. The minimum atomic E-state index is -0.206. The summed E-state index contributed by atoms with van der Waals surface area (Å²) in [6.45, 7) is 4.59. The molecular weight excluding hydrogens is 289 g/mol. The fraction of sp³-hybridized carbons (Fsp3) is 0.263. The topological polar surface area (TPSA) is 40.0 Å². The first kappa shape index (κ1) is 16.9. The summed E-state index contributed by atoms with van der Waals surface area (Å²) in [6.07, 6.45) is 3.49. The molecular formula is C19H22FN3. The quantitative estimate of drug-likeness (QED) is 0.810. The predicted octanol–water partition coefficient (Wildman–Crippen LogP) is 4.26. The van der Waals surface area contributed by atoms with Crippen molar-refractivity contribution in [2.75, 3.05) is 7.05 Å². The summed E-state index contributed by atoms with van der Waals surface area (Å²) in [5.74, 6) is 0.0121. The van der Waals surface area contributed by atoms with Crippen LogP contribution in [0.5, 0.6) is 0 Å². The van der Waals surface area contributed by atoms with Gasteiger partial charge in [0.1, 0.15) is 5.82 Å². The van der Waals surface area contributed by atoms with Gasteiger partial charge in [0.2, 0.25) is 0 Å². The number of rotatable bonds is 6. The van der Waals surface area contributed by atoms with Crippen molar-refractivity contribution in [3.05, 3.63) is 77.5 Å². The van der Waals surface area contributed by atoms with Crippen LogP contribution in [-0.2, 0) is 6.54 Å². The van der Waals surface area contributed by atoms with E-state index in [4.69, 9.17) is 5.41 Å². The summed E-state index contributed by atoms with van der Waals surface area (Å²) < 4.78 is 13.8. The summed E-state index contributed by atoms with van der Waals surface area (Å²) in [5.41, 5.74) is 2.61. The van der Waals surface area contributed by atoms with Gasteiger partial charge < -0.3 is 4.90 Å². The molecule has 2 aromatic rings. The predicted molar refractivity (Wildman–Crippen MR) is 91.9 cm³/mol. The van der Waals surface area contributed by atoms with Crippen molar-refractivity contribution in [2.45, 2.75) is 20.4 Å². The molecule has 0 unspecified atom stereocenters. The zero-order valence-corrected chi connectivity index (χ0v) is 13.8. The molecule has 1 aromatic heterocycles. The van der Waals surface area contributed by atoms with Crippen molar-refractivity contribution in [3.8, 4) is 0 Å². The molecule has 0 aliphatic heterocycles. The molecule has 0 atom stereocenters. The maximum Gasteiger partial charge on any atom is 0.128 e. The highest BCUT2D eigenvalue weighted by molar-refractivity contribution is 6.05. The maximum absolute atomic E-state index is 13.8. The Morgan fingerprint density at radius 1 is 1.22 bits per heavy atom. The summed E-state index contributed by atoms with van der Waals surface area (Å²) >= 11 is 0. The second-order valence-corrected chi connectivity index (χ2v) is 5.80. The van der Waals surface area contributed by atoms with Crippen molar-refractivity contribution in [1.82, 2.24) is 9.88 Å². The Balaban J connectivity index is 2.22. The van der Waals surface area contributed by atoms with Gasteiger partial charge in [0.25, 0.3) is 0 Å². The lowest BCUT2D eigenvalue weighted by molar-refractivity contribution is 0.361. The lowest BCUT2D eigenvalue weighted by Gasteiger charge is -2.26. The smallest absolute Gasteiger partial charge is 0.128 e. The van der Waals surface area contributed by atoms with Crippen LogP contribution in [0.2, 0.25) is 0 Å². The van der Waals surface area contributed by atoms with Gasteiger partial charge in [-0.15, -0.1) is 0 Å². The molecule has 0 spiro atoms. The molecule has 3 nitrogen and oxygen atoms in total. The molecule has 0 amide bonds. The average molecular weight is 311 g/mol. The van der Waals surface area contributed by atoms with Crippen LogP contribution in [0.3, 0.4) is 0 Å². The molecule has 4 heteroatoms. The number of hydrogen-bond acceptors (Lipinski definition) is 3. The van der Waals surface area contributed by atoms with Crippen LogP contribution in [0, 0.1) is 17.1 Å². The molecule has 0 saturated heterocycles. The van der Waals surface area contributed by atoms with Crippen LogP contribution >= 0.6 is 0 Å². The molecule has 23 heavy (non-hydrogen) atoms. The van der Waals surface area contributed by atoms with E-state index in [1.807, 2.05) is 42.3 Å². The number of benzene rings is 1. The molecule has 0 aliphatic rings. The summed E-state index contributed by atoms with van der Waals surface area (Å²) in [4.78, 5) is 6.19. The SMILES string of the molecule is CC(C)/C(=C/C(=N)c1ccccn1)N(C)Cc1ccccc1F. The van der Waals surface area contributed by atoms with Crippen molar-refractivity contribution < 1.29 is 4.39 Å². The molecule has 0 bridgehead atoms. The highest BCUT2D eigenvalue weighted by Crippen LogP contribution is 2.19. The highest BCUT2D eigenvalue weighted by Gasteiger charge is 2.13. The van der Waals surface area contributed by atoms with Gasteiger partial charge in [-0.25, -0.2) is 4.39 Å². The second kappa shape index (κ2) is 7.68. The maximum atomic E-state index is 13.8. The van der Waals surface area contributed by atoms with E-state index in [1.165, 1.54) is 6.07 Å². The Bertz CT molecular complexity index is 693. The van der Waals surface area contributed by atoms with Crippen molar-refractivity contribution in [3.63, 3.8) is 0 Å². The Kier molecular flexibility index (Phi) is 5.63. The summed E-state index contributed by atoms with van der Waals surface area (Å²) in [7, 11) is 1.92. The Hall–Kier alpha value is -2.49. The van der Waals surface area contributed by atoms with E-state index in [2.05, 4.69) is 18.8 Å². The minimum absolute atomic E-state index is 0.206. The molecule has 1 aromatic carbocycles. The molecule has 0 radical (unpaired) electrons. The van der Waals surface area contributed by atoms with Crippen LogP contribution in [0.25, 0.3) is 0 Å². The first-order chi connectivity index (χ1) is 11.0. The van der Waals surface area contributed by atoms with E-state index in [1.54, 1.807) is 18.3 Å². The van der Waals surface area contributed by atoms with Crippen LogP contribution < -0.4 is 0 Å². The Morgan fingerprint density at radius 3 is 2.52 bits per heavy atom. The zero-order valence-electron chi connectivity index (χ0n) is 13.8. The van der Waals surface area contributed by atoms with Gasteiger partial charge in [0.15, 0.2) is 0 Å². The standard InChI is InChI=1S/C19H22FN3/c1-14(2)19(12-17(21)18-10-6-7-11-22-18)23(3)13-15-8-4-5-9-16(15)20/h4-12,14,21H,13H2,1-3H3/b19-12-,21-17?. The van der Waals surface area contributed by atoms with Crippen molar-refractivity contribution in [1.29, 1.82) is 5.41 Å². The third-order valence-electron chi connectivity index (χ3n) is 3.63. The van der Waals surface area contributed by atoms with Gasteiger partial charge in [-0.1, -0.05) is 38.1 Å². The largest absolute Gasteiger partial charge is 0.373 e. The van der Waals surface area contributed by atoms with Gasteiger partial charge >= 0.3 is 0 Å². The van der Waals surface area contributed by atoms with Gasteiger partial charge in [-0.05, 0) is 30.2 Å². The zero-order chi connectivity index (χ0) is 16.8. The number of pyridine rings is 1. The molecule has 1 N–H and O–H groups in total. The number of hydrogen-bond donors (Lipinski definition) is 1. The molecule has 2 rings (SSSR count). The molecule has 0 aliphatic carbocycles. The number of nitrogens with one attached hydrogen (secondary N) is 1. The van der Waals surface area contributed by atoms with Crippen LogP contribution in [0.15, 0.2) is 60.4 Å². The second-order valence-electron chi connectivity index (χ2n) is 5.80. The Labute approximate surface area is 137 Å². The van der Waals surface area contributed by atoms with Crippen LogP contribution in [0.1, 0.15) is 25.1 Å². The van der Waals surface area contributed by atoms with Crippen LogP contribution in [-0.4, -0.2) is 22.6 Å². The normalized spacial score (nSPS) is 11.6. The van der Waals surface area contributed by atoms with Crippen LogP contribution in [0.4, 0.5) is 4.39 Å². The van der Waals surface area contributed by atoms with E-state index < -0.39 is 0 Å². The lowest BCUT2D eigenvalue weighted by atomic mass is 10.1. The molecule has 1 heterocycles. The van der Waals surface area contributed by atoms with Gasteiger partial charge in [-0.3, -0.25) is 10.4 Å². The fourth-order valence-electron chi connectivity index (χ4n) is 2.43. The first-order valence-corrected chi connectivity index (χ1v) is 7.65. The highest BCUT2D eigenvalue weighted by atomic mass is 19.1. The minimum Gasteiger partial charge on any atom is -0.373 e. The van der Waals surface area contributed by atoms with Gasteiger partial charge in [0, 0.05) is 31.0 Å². The Morgan fingerprint density at radius 2 is 1.91 bits per heavy atom. The van der Waals surface area contributed by atoms with E-state index in [0.29, 0.717) is 23.5 Å². The number of nitrogens with zero attached hydrogens (tertiary/aromatic N) is 2. The van der Waals surface area contributed by atoms with E-state index in [9.17, 15) is 4.39 Å². The van der Waals surface area contributed by atoms with E-state index in [0.717, 1.165) is 5.70 Å². The van der Waals surface area contributed by atoms with E-state index >= 15 is 0 Å². The van der Waals surface area contributed by atoms with Crippen molar-refractivity contribution >= 4 is 5.71 Å². The average Bonchev–Trinajstić information content (AvgIpc) is 2.55. The molecule has 0 saturated carbocycles. The number of allylic oxidation sites excluding steroid dienone is 2. The van der Waals surface area contributed by atoms with Gasteiger partial charge in [-0.2, -0.15) is 0 Å². The third kappa shape index (κ3) is 4.49.